The third-order valence-corrected chi connectivity index (χ3v) is 4.15. The molecule has 0 bridgehead atoms. The van der Waals surface area contributed by atoms with Gasteiger partial charge in [-0.15, -0.1) is 0 Å². The number of amides is 1. The monoisotopic (exact) mass is 259 g/mol. The van der Waals surface area contributed by atoms with Gasteiger partial charge in [-0.3, -0.25) is 4.79 Å². The number of benzene rings is 1. The SMILES string of the molecule is CCc1ccc(NC(=O)CCC2CCCCC2)cc1. The van der Waals surface area contributed by atoms with Crippen LogP contribution in [0, 0.1) is 5.92 Å². The topological polar surface area (TPSA) is 29.1 Å². The zero-order valence-electron chi connectivity index (χ0n) is 12.0. The van der Waals surface area contributed by atoms with Crippen molar-refractivity contribution in [2.24, 2.45) is 5.92 Å². The smallest absolute Gasteiger partial charge is 0.224 e. The highest BCUT2D eigenvalue weighted by atomic mass is 16.1. The van der Waals surface area contributed by atoms with Gasteiger partial charge >= 0.3 is 0 Å². The fourth-order valence-corrected chi connectivity index (χ4v) is 2.86. The third kappa shape index (κ3) is 4.70. The van der Waals surface area contributed by atoms with Gasteiger partial charge in [0.2, 0.25) is 5.91 Å². The van der Waals surface area contributed by atoms with Crippen LogP contribution in [0.5, 0.6) is 0 Å². The molecule has 1 amide bonds. The minimum Gasteiger partial charge on any atom is -0.326 e. The second-order valence-electron chi connectivity index (χ2n) is 5.64. The van der Waals surface area contributed by atoms with Crippen LogP contribution in [0.2, 0.25) is 0 Å². The molecule has 0 saturated heterocycles. The number of aryl methyl sites for hydroxylation is 1. The van der Waals surface area contributed by atoms with Crippen molar-refractivity contribution in [1.29, 1.82) is 0 Å². The maximum atomic E-state index is 11.9. The first-order chi connectivity index (χ1) is 9.28. The van der Waals surface area contributed by atoms with E-state index in [-0.39, 0.29) is 5.91 Å². The van der Waals surface area contributed by atoms with Crippen molar-refractivity contribution in [3.8, 4) is 0 Å². The molecule has 1 aliphatic rings. The van der Waals surface area contributed by atoms with Gasteiger partial charge in [0.1, 0.15) is 0 Å². The molecule has 1 aliphatic carbocycles. The number of anilines is 1. The Balaban J connectivity index is 1.73. The molecule has 0 spiro atoms. The summed E-state index contributed by atoms with van der Waals surface area (Å²) in [5, 5.41) is 2.99. The molecule has 2 nitrogen and oxygen atoms in total. The van der Waals surface area contributed by atoms with E-state index in [9.17, 15) is 4.79 Å². The first-order valence-electron chi connectivity index (χ1n) is 7.66. The van der Waals surface area contributed by atoms with Crippen LogP contribution in [-0.2, 0) is 11.2 Å². The highest BCUT2D eigenvalue weighted by molar-refractivity contribution is 5.90. The lowest BCUT2D eigenvalue weighted by Crippen LogP contribution is -2.14. The molecule has 1 saturated carbocycles. The minimum atomic E-state index is 0.162. The molecule has 1 aromatic rings. The van der Waals surface area contributed by atoms with Gasteiger partial charge in [0.15, 0.2) is 0 Å². The molecule has 0 atom stereocenters. The molecule has 0 aliphatic heterocycles. The van der Waals surface area contributed by atoms with Crippen LogP contribution < -0.4 is 5.32 Å². The van der Waals surface area contributed by atoms with Crippen molar-refractivity contribution in [3.63, 3.8) is 0 Å². The van der Waals surface area contributed by atoms with Crippen LogP contribution in [0.1, 0.15) is 57.4 Å². The molecule has 1 N–H and O–H groups in total. The van der Waals surface area contributed by atoms with Crippen LogP contribution in [0.4, 0.5) is 5.69 Å². The highest BCUT2D eigenvalue weighted by Gasteiger charge is 2.14. The second kappa shape index (κ2) is 7.32. The number of carbonyl (C=O) groups excluding carboxylic acids is 1. The summed E-state index contributed by atoms with van der Waals surface area (Å²) in [6.45, 7) is 2.14. The largest absolute Gasteiger partial charge is 0.326 e. The lowest BCUT2D eigenvalue weighted by atomic mass is 9.86. The van der Waals surface area contributed by atoms with E-state index in [1.165, 1.54) is 37.7 Å². The van der Waals surface area contributed by atoms with Crippen LogP contribution in [0.15, 0.2) is 24.3 Å². The van der Waals surface area contributed by atoms with Crippen LogP contribution >= 0.6 is 0 Å². The maximum Gasteiger partial charge on any atom is 0.224 e. The summed E-state index contributed by atoms with van der Waals surface area (Å²) in [7, 11) is 0. The standard InChI is InChI=1S/C17H25NO/c1-2-14-8-11-16(12-9-14)18-17(19)13-10-15-6-4-3-5-7-15/h8-9,11-12,15H,2-7,10,13H2,1H3,(H,18,19). The van der Waals surface area contributed by atoms with Crippen LogP contribution in [0.3, 0.4) is 0 Å². The van der Waals surface area contributed by atoms with E-state index in [0.717, 1.165) is 24.4 Å². The van der Waals surface area contributed by atoms with E-state index in [4.69, 9.17) is 0 Å². The van der Waals surface area contributed by atoms with Crippen molar-refractivity contribution in [2.75, 3.05) is 5.32 Å². The predicted molar refractivity (Wildman–Crippen MR) is 80.3 cm³/mol. The first-order valence-corrected chi connectivity index (χ1v) is 7.66. The molecule has 1 aromatic carbocycles. The van der Waals surface area contributed by atoms with Gasteiger partial charge in [0.05, 0.1) is 0 Å². The predicted octanol–water partition coefficient (Wildman–Crippen LogP) is 4.55. The molecule has 1 fully saturated rings. The molecule has 2 rings (SSSR count). The summed E-state index contributed by atoms with van der Waals surface area (Å²) in [5.74, 6) is 0.941. The zero-order chi connectivity index (χ0) is 13.5. The number of hydrogen-bond donors (Lipinski definition) is 1. The van der Waals surface area contributed by atoms with E-state index in [2.05, 4.69) is 24.4 Å². The van der Waals surface area contributed by atoms with Crippen molar-refractivity contribution in [3.05, 3.63) is 29.8 Å². The maximum absolute atomic E-state index is 11.9. The van der Waals surface area contributed by atoms with Gasteiger partial charge in [-0.25, -0.2) is 0 Å². The molecular formula is C17H25NO. The fourth-order valence-electron chi connectivity index (χ4n) is 2.86. The molecular weight excluding hydrogens is 234 g/mol. The summed E-state index contributed by atoms with van der Waals surface area (Å²) in [6, 6.07) is 8.15. The average molecular weight is 259 g/mol. The Hall–Kier alpha value is -1.31. The van der Waals surface area contributed by atoms with E-state index in [0.29, 0.717) is 6.42 Å². The lowest BCUT2D eigenvalue weighted by molar-refractivity contribution is -0.116. The fraction of sp³-hybridized carbons (Fsp3) is 0.588. The summed E-state index contributed by atoms with van der Waals surface area (Å²) >= 11 is 0. The van der Waals surface area contributed by atoms with E-state index < -0.39 is 0 Å². The number of hydrogen-bond acceptors (Lipinski definition) is 1. The van der Waals surface area contributed by atoms with Gasteiger partial charge in [-0.05, 0) is 36.5 Å². The van der Waals surface area contributed by atoms with E-state index in [1.807, 2.05) is 12.1 Å². The molecule has 0 aromatic heterocycles. The molecule has 2 heteroatoms. The van der Waals surface area contributed by atoms with E-state index >= 15 is 0 Å². The minimum absolute atomic E-state index is 0.162. The average Bonchev–Trinajstić information content (AvgIpc) is 2.47. The Morgan fingerprint density at radius 3 is 2.47 bits per heavy atom. The number of carbonyl (C=O) groups is 1. The summed E-state index contributed by atoms with van der Waals surface area (Å²) < 4.78 is 0. The Kier molecular flexibility index (Phi) is 5.44. The molecule has 19 heavy (non-hydrogen) atoms. The van der Waals surface area contributed by atoms with Gasteiger partial charge in [-0.2, -0.15) is 0 Å². The van der Waals surface area contributed by atoms with Gasteiger partial charge in [-0.1, -0.05) is 51.2 Å². The lowest BCUT2D eigenvalue weighted by Gasteiger charge is -2.21. The second-order valence-corrected chi connectivity index (χ2v) is 5.64. The van der Waals surface area contributed by atoms with Crippen LogP contribution in [0.25, 0.3) is 0 Å². The van der Waals surface area contributed by atoms with E-state index in [1.54, 1.807) is 0 Å². The van der Waals surface area contributed by atoms with Crippen molar-refractivity contribution in [1.82, 2.24) is 0 Å². The number of rotatable bonds is 5. The molecule has 0 heterocycles. The van der Waals surface area contributed by atoms with Crippen molar-refractivity contribution >= 4 is 11.6 Å². The Morgan fingerprint density at radius 2 is 1.84 bits per heavy atom. The molecule has 104 valence electrons. The molecule has 0 radical (unpaired) electrons. The van der Waals surface area contributed by atoms with Crippen LogP contribution in [-0.4, -0.2) is 5.91 Å². The Morgan fingerprint density at radius 1 is 1.16 bits per heavy atom. The summed E-state index contributed by atoms with van der Waals surface area (Å²) in [4.78, 5) is 11.9. The first kappa shape index (κ1) is 14.1. The third-order valence-electron chi connectivity index (χ3n) is 4.15. The number of nitrogens with one attached hydrogen (secondary N) is 1. The summed E-state index contributed by atoms with van der Waals surface area (Å²) in [6.07, 6.45) is 9.48. The normalized spacial score (nSPS) is 16.3. The quantitative estimate of drug-likeness (QED) is 0.826. The zero-order valence-corrected chi connectivity index (χ0v) is 12.0. The van der Waals surface area contributed by atoms with Gasteiger partial charge in [0.25, 0.3) is 0 Å². The Bertz CT molecular complexity index is 390. The molecule has 0 unspecified atom stereocenters. The van der Waals surface area contributed by atoms with Crippen molar-refractivity contribution in [2.45, 2.75) is 58.3 Å². The summed E-state index contributed by atoms with van der Waals surface area (Å²) in [5.41, 5.74) is 2.23. The Labute approximate surface area is 116 Å². The van der Waals surface area contributed by atoms with Crippen molar-refractivity contribution < 1.29 is 4.79 Å². The highest BCUT2D eigenvalue weighted by Crippen LogP contribution is 2.27. The van der Waals surface area contributed by atoms with Gasteiger partial charge in [0, 0.05) is 12.1 Å². The van der Waals surface area contributed by atoms with Gasteiger partial charge < -0.3 is 5.32 Å².